The molecule has 1 amide bonds. The van der Waals surface area contributed by atoms with Gasteiger partial charge in [-0.1, -0.05) is 0 Å². The van der Waals surface area contributed by atoms with Crippen LogP contribution in [0.25, 0.3) is 10.9 Å². The molecular weight excluding hydrogens is 390 g/mol. The Kier molecular flexibility index (Phi) is 5.27. The zero-order chi connectivity index (χ0) is 21.3. The molecule has 1 N–H and O–H groups in total. The maximum absolute atomic E-state index is 11.5. The number of rotatable bonds is 3. The van der Waals surface area contributed by atoms with Crippen LogP contribution in [0.4, 0.5) is 10.6 Å². The topological polar surface area (TPSA) is 129 Å². The third kappa shape index (κ3) is 3.54. The zero-order valence-electron chi connectivity index (χ0n) is 16.5. The van der Waals surface area contributed by atoms with E-state index in [0.717, 1.165) is 12.0 Å². The van der Waals surface area contributed by atoms with Crippen molar-refractivity contribution in [2.24, 2.45) is 0 Å². The number of hydrogen-bond donors (Lipinski definition) is 1. The van der Waals surface area contributed by atoms with Crippen molar-refractivity contribution in [3.05, 3.63) is 18.0 Å². The lowest BCUT2D eigenvalue weighted by atomic mass is 10.0. The quantitative estimate of drug-likeness (QED) is 0.595. The summed E-state index contributed by atoms with van der Waals surface area (Å²) in [5, 5.41) is 19.3. The molecule has 1 fully saturated rings. The molecule has 4 rings (SSSR count). The van der Waals surface area contributed by atoms with Gasteiger partial charge in [0.05, 0.1) is 36.0 Å². The summed E-state index contributed by atoms with van der Waals surface area (Å²) in [5.41, 5.74) is 1.38. The number of amides is 1. The predicted octanol–water partition coefficient (Wildman–Crippen LogP) is 1.96. The number of piperazine rings is 1. The molecule has 0 spiro atoms. The van der Waals surface area contributed by atoms with Crippen LogP contribution in [0.3, 0.4) is 0 Å². The molecule has 10 nitrogen and oxygen atoms in total. The Morgan fingerprint density at radius 3 is 2.97 bits per heavy atom. The van der Waals surface area contributed by atoms with Gasteiger partial charge in [0.1, 0.15) is 23.6 Å². The van der Waals surface area contributed by atoms with Crippen LogP contribution in [-0.4, -0.2) is 64.3 Å². The number of benzene rings is 1. The molecule has 2 aliphatic rings. The van der Waals surface area contributed by atoms with Crippen molar-refractivity contribution in [1.29, 1.82) is 5.26 Å². The van der Waals surface area contributed by atoms with Crippen molar-refractivity contribution in [2.75, 3.05) is 31.1 Å². The van der Waals surface area contributed by atoms with Crippen LogP contribution >= 0.6 is 0 Å². The van der Waals surface area contributed by atoms with Gasteiger partial charge in [0.2, 0.25) is 0 Å². The van der Waals surface area contributed by atoms with Crippen molar-refractivity contribution in [1.82, 2.24) is 14.9 Å². The van der Waals surface area contributed by atoms with Gasteiger partial charge in [-0.15, -0.1) is 0 Å². The fourth-order valence-corrected chi connectivity index (χ4v) is 4.08. The first-order chi connectivity index (χ1) is 14.5. The van der Waals surface area contributed by atoms with Gasteiger partial charge in [0, 0.05) is 38.2 Å². The predicted molar refractivity (Wildman–Crippen MR) is 106 cm³/mol. The van der Waals surface area contributed by atoms with Gasteiger partial charge in [0.25, 0.3) is 0 Å². The summed E-state index contributed by atoms with van der Waals surface area (Å²) in [6, 6.07) is 3.33. The van der Waals surface area contributed by atoms with Crippen LogP contribution in [0, 0.1) is 11.3 Å². The molecule has 0 aliphatic carbocycles. The lowest BCUT2D eigenvalue weighted by Gasteiger charge is -2.40. The van der Waals surface area contributed by atoms with Crippen molar-refractivity contribution in [3.63, 3.8) is 0 Å². The lowest BCUT2D eigenvalue weighted by Crippen LogP contribution is -2.55. The standard InChI is InChI=1S/C20H21N5O5/c1-12(26)30-16-9-15-17(18-14(16)3-2-8-29-18)19(23-11-22-15)24-6-7-25(20(27)28)13(10-24)4-5-21/h9,11,13H,2-4,6-8,10H2,1H3,(H,27,28). The fraction of sp³-hybridized carbons (Fsp3) is 0.450. The van der Waals surface area contributed by atoms with Gasteiger partial charge in [-0.2, -0.15) is 5.26 Å². The third-order valence-electron chi connectivity index (χ3n) is 5.35. The second-order valence-corrected chi connectivity index (χ2v) is 7.26. The van der Waals surface area contributed by atoms with Crippen molar-refractivity contribution < 1.29 is 24.2 Å². The normalized spacial score (nSPS) is 18.3. The van der Waals surface area contributed by atoms with Gasteiger partial charge in [-0.05, 0) is 12.8 Å². The largest absolute Gasteiger partial charge is 0.492 e. The number of carbonyl (C=O) groups is 2. The minimum Gasteiger partial charge on any atom is -0.492 e. The molecule has 0 radical (unpaired) electrons. The van der Waals surface area contributed by atoms with Gasteiger partial charge < -0.3 is 24.4 Å². The Morgan fingerprint density at radius 1 is 1.40 bits per heavy atom. The van der Waals surface area contributed by atoms with E-state index in [1.165, 1.54) is 18.2 Å². The van der Waals surface area contributed by atoms with Crippen LogP contribution in [0.2, 0.25) is 0 Å². The number of anilines is 1. The van der Waals surface area contributed by atoms with Crippen LogP contribution in [0.5, 0.6) is 11.5 Å². The fourth-order valence-electron chi connectivity index (χ4n) is 4.08. The highest BCUT2D eigenvalue weighted by Crippen LogP contribution is 2.43. The minimum atomic E-state index is -1.03. The number of carbonyl (C=O) groups excluding carboxylic acids is 1. The molecule has 0 bridgehead atoms. The molecule has 3 heterocycles. The molecule has 156 valence electrons. The minimum absolute atomic E-state index is 0.0943. The maximum Gasteiger partial charge on any atom is 0.407 e. The molecule has 1 unspecified atom stereocenters. The second kappa shape index (κ2) is 8.02. The summed E-state index contributed by atoms with van der Waals surface area (Å²) >= 11 is 0. The number of hydrogen-bond acceptors (Lipinski definition) is 8. The lowest BCUT2D eigenvalue weighted by molar-refractivity contribution is -0.131. The van der Waals surface area contributed by atoms with Crippen molar-refractivity contribution in [3.8, 4) is 17.6 Å². The maximum atomic E-state index is 11.5. The van der Waals surface area contributed by atoms with E-state index in [-0.39, 0.29) is 13.0 Å². The van der Waals surface area contributed by atoms with Gasteiger partial charge in [-0.3, -0.25) is 4.79 Å². The number of nitriles is 1. The number of carboxylic acid groups (broad SMARTS) is 1. The van der Waals surface area contributed by atoms with E-state index >= 15 is 0 Å². The third-order valence-corrected chi connectivity index (χ3v) is 5.35. The van der Waals surface area contributed by atoms with Gasteiger partial charge >= 0.3 is 12.1 Å². The molecule has 30 heavy (non-hydrogen) atoms. The van der Waals surface area contributed by atoms with E-state index in [2.05, 4.69) is 16.0 Å². The molecule has 2 aliphatic heterocycles. The molecule has 10 heteroatoms. The number of ether oxygens (including phenoxy) is 2. The summed E-state index contributed by atoms with van der Waals surface area (Å²) in [6.07, 6.45) is 1.99. The number of fused-ring (bicyclic) bond motifs is 3. The Morgan fingerprint density at radius 2 is 2.23 bits per heavy atom. The van der Waals surface area contributed by atoms with E-state index in [9.17, 15) is 14.7 Å². The monoisotopic (exact) mass is 411 g/mol. The van der Waals surface area contributed by atoms with Crippen LogP contribution in [0.1, 0.15) is 25.3 Å². The smallest absolute Gasteiger partial charge is 0.407 e. The Bertz CT molecular complexity index is 1050. The Hall–Kier alpha value is -3.61. The molecule has 1 aromatic carbocycles. The summed E-state index contributed by atoms with van der Waals surface area (Å²) in [6.45, 7) is 2.92. The van der Waals surface area contributed by atoms with Crippen LogP contribution in [0.15, 0.2) is 12.4 Å². The number of nitrogens with zero attached hydrogens (tertiary/aromatic N) is 5. The summed E-state index contributed by atoms with van der Waals surface area (Å²) in [5.74, 6) is 1.25. The van der Waals surface area contributed by atoms with Gasteiger partial charge in [0.15, 0.2) is 0 Å². The second-order valence-electron chi connectivity index (χ2n) is 7.26. The summed E-state index contributed by atoms with van der Waals surface area (Å²) < 4.78 is 11.4. The number of esters is 1. The molecule has 0 saturated carbocycles. The first kappa shape index (κ1) is 19.7. The first-order valence-corrected chi connectivity index (χ1v) is 9.73. The highest BCUT2D eigenvalue weighted by molar-refractivity contribution is 5.98. The van der Waals surface area contributed by atoms with Crippen molar-refractivity contribution >= 4 is 28.8 Å². The number of aromatic nitrogens is 2. The highest BCUT2D eigenvalue weighted by atomic mass is 16.5. The van der Waals surface area contributed by atoms with E-state index in [0.29, 0.717) is 54.3 Å². The Labute approximate surface area is 172 Å². The summed E-state index contributed by atoms with van der Waals surface area (Å²) in [4.78, 5) is 35.2. The van der Waals surface area contributed by atoms with E-state index < -0.39 is 18.1 Å². The van der Waals surface area contributed by atoms with E-state index in [1.807, 2.05) is 4.90 Å². The molecule has 1 aromatic heterocycles. The molecule has 1 atom stereocenters. The molecule has 1 saturated heterocycles. The van der Waals surface area contributed by atoms with E-state index in [1.54, 1.807) is 6.07 Å². The SMILES string of the molecule is CC(=O)Oc1cc2ncnc(N3CCN(C(=O)O)C(CC#N)C3)c2c2c1CCCO2. The summed E-state index contributed by atoms with van der Waals surface area (Å²) in [7, 11) is 0. The molecule has 2 aromatic rings. The molecular formula is C20H21N5O5. The van der Waals surface area contributed by atoms with Crippen LogP contribution < -0.4 is 14.4 Å². The first-order valence-electron chi connectivity index (χ1n) is 9.73. The zero-order valence-corrected chi connectivity index (χ0v) is 16.5. The van der Waals surface area contributed by atoms with Crippen LogP contribution in [-0.2, 0) is 11.2 Å². The average molecular weight is 411 g/mol. The Balaban J connectivity index is 1.79. The van der Waals surface area contributed by atoms with Gasteiger partial charge in [-0.25, -0.2) is 14.8 Å². The van der Waals surface area contributed by atoms with Crippen molar-refractivity contribution in [2.45, 2.75) is 32.2 Å². The van der Waals surface area contributed by atoms with E-state index in [4.69, 9.17) is 14.7 Å². The highest BCUT2D eigenvalue weighted by Gasteiger charge is 2.33. The average Bonchev–Trinajstić information content (AvgIpc) is 2.73.